The average Bonchev–Trinajstić information content (AvgIpc) is 3.25. The molecule has 148 valence electrons. The Morgan fingerprint density at radius 1 is 0.931 bits per heavy atom. The van der Waals surface area contributed by atoms with Crippen LogP contribution in [0.25, 0.3) is 16.6 Å². The lowest BCUT2D eigenvalue weighted by molar-refractivity contribution is -0.121. The van der Waals surface area contributed by atoms with Crippen molar-refractivity contribution in [3.05, 3.63) is 76.7 Å². The van der Waals surface area contributed by atoms with Crippen LogP contribution >= 0.6 is 0 Å². The number of ether oxygens (including phenoxy) is 2. The molecule has 0 aliphatic rings. The maximum atomic E-state index is 12.9. The number of para-hydroxylation sites is 3. The third-order valence-electron chi connectivity index (χ3n) is 4.91. The van der Waals surface area contributed by atoms with Gasteiger partial charge in [0.1, 0.15) is 12.1 Å². The maximum Gasteiger partial charge on any atom is 0.275 e. The fourth-order valence-corrected chi connectivity index (χ4v) is 3.55. The number of amides is 1. The molecule has 0 radical (unpaired) electrons. The van der Waals surface area contributed by atoms with E-state index in [9.17, 15) is 9.59 Å². The summed E-state index contributed by atoms with van der Waals surface area (Å²) in [5.41, 5.74) is 2.69. The van der Waals surface area contributed by atoms with Gasteiger partial charge >= 0.3 is 0 Å². The molecule has 0 fully saturated rings. The molecule has 7 heteroatoms. The molecule has 0 aliphatic heterocycles. The number of benzene rings is 2. The van der Waals surface area contributed by atoms with Gasteiger partial charge in [0.2, 0.25) is 5.91 Å². The van der Waals surface area contributed by atoms with Crippen molar-refractivity contribution in [2.45, 2.75) is 13.1 Å². The molecule has 0 spiro atoms. The van der Waals surface area contributed by atoms with Crippen LogP contribution in [0.15, 0.2) is 65.6 Å². The van der Waals surface area contributed by atoms with E-state index in [1.807, 2.05) is 53.1 Å². The van der Waals surface area contributed by atoms with E-state index in [-0.39, 0.29) is 24.6 Å². The number of rotatable bonds is 6. The normalized spacial score (nSPS) is 11.0. The first-order chi connectivity index (χ1) is 14.1. The van der Waals surface area contributed by atoms with Crippen molar-refractivity contribution in [1.82, 2.24) is 14.3 Å². The molecular formula is C22H21N3O4. The summed E-state index contributed by atoms with van der Waals surface area (Å²) in [4.78, 5) is 25.6. The molecule has 1 amide bonds. The number of nitrogens with one attached hydrogen (secondary N) is 1. The molecule has 2 aromatic carbocycles. The second-order valence-electron chi connectivity index (χ2n) is 6.57. The number of hydrogen-bond donors (Lipinski definition) is 1. The van der Waals surface area contributed by atoms with Gasteiger partial charge in [-0.15, -0.1) is 0 Å². The summed E-state index contributed by atoms with van der Waals surface area (Å²) in [7, 11) is 3.12. The number of fused-ring (bicyclic) bond motifs is 3. The molecule has 0 aliphatic carbocycles. The molecule has 0 bridgehead atoms. The van der Waals surface area contributed by atoms with Crippen LogP contribution in [-0.4, -0.2) is 29.1 Å². The SMILES string of the molecule is COc1cccc(CNC(=O)Cn2c(=O)c3cccn3c3ccccc32)c1OC. The Morgan fingerprint density at radius 3 is 2.45 bits per heavy atom. The summed E-state index contributed by atoms with van der Waals surface area (Å²) in [5.74, 6) is 0.908. The zero-order valence-corrected chi connectivity index (χ0v) is 16.2. The van der Waals surface area contributed by atoms with Crippen LogP contribution in [-0.2, 0) is 17.9 Å². The van der Waals surface area contributed by atoms with E-state index < -0.39 is 0 Å². The smallest absolute Gasteiger partial charge is 0.275 e. The Morgan fingerprint density at radius 2 is 1.69 bits per heavy atom. The van der Waals surface area contributed by atoms with Crippen LogP contribution in [0.5, 0.6) is 11.5 Å². The predicted octanol–water partition coefficient (Wildman–Crippen LogP) is 2.59. The minimum atomic E-state index is -0.266. The van der Waals surface area contributed by atoms with Crippen molar-refractivity contribution in [2.24, 2.45) is 0 Å². The van der Waals surface area contributed by atoms with Crippen molar-refractivity contribution in [1.29, 1.82) is 0 Å². The van der Waals surface area contributed by atoms with E-state index in [0.717, 1.165) is 11.1 Å². The molecule has 2 heterocycles. The van der Waals surface area contributed by atoms with Crippen LogP contribution in [0.2, 0.25) is 0 Å². The number of carbonyl (C=O) groups excluding carboxylic acids is 1. The number of aromatic nitrogens is 2. The van der Waals surface area contributed by atoms with Crippen molar-refractivity contribution >= 4 is 22.5 Å². The molecule has 1 N–H and O–H groups in total. The third kappa shape index (κ3) is 3.31. The van der Waals surface area contributed by atoms with Gasteiger partial charge in [0.05, 0.1) is 25.3 Å². The molecule has 7 nitrogen and oxygen atoms in total. The van der Waals surface area contributed by atoms with Crippen LogP contribution in [0.3, 0.4) is 0 Å². The molecule has 4 aromatic rings. The summed E-state index contributed by atoms with van der Waals surface area (Å²) in [5, 5.41) is 2.87. The summed E-state index contributed by atoms with van der Waals surface area (Å²) >= 11 is 0. The lowest BCUT2D eigenvalue weighted by atomic mass is 10.2. The van der Waals surface area contributed by atoms with Gasteiger partial charge in [-0.2, -0.15) is 0 Å². The highest BCUT2D eigenvalue weighted by Crippen LogP contribution is 2.30. The largest absolute Gasteiger partial charge is 0.493 e. The Balaban J connectivity index is 1.62. The fourth-order valence-electron chi connectivity index (χ4n) is 3.55. The second-order valence-corrected chi connectivity index (χ2v) is 6.57. The summed E-state index contributed by atoms with van der Waals surface area (Å²) in [6, 6.07) is 16.6. The van der Waals surface area contributed by atoms with Gasteiger partial charge in [-0.25, -0.2) is 0 Å². The van der Waals surface area contributed by atoms with E-state index in [1.54, 1.807) is 26.4 Å². The highest BCUT2D eigenvalue weighted by molar-refractivity contribution is 5.82. The lowest BCUT2D eigenvalue weighted by Crippen LogP contribution is -2.33. The zero-order chi connectivity index (χ0) is 20.4. The van der Waals surface area contributed by atoms with E-state index in [1.165, 1.54) is 4.57 Å². The Bertz CT molecular complexity index is 1260. The van der Waals surface area contributed by atoms with Crippen LogP contribution in [0.1, 0.15) is 5.56 Å². The highest BCUT2D eigenvalue weighted by atomic mass is 16.5. The standard InChI is InChI=1S/C22H21N3O4/c1-28-19-11-5-7-15(21(19)29-2)13-23-20(26)14-25-17-9-4-3-8-16(17)24-12-6-10-18(24)22(25)27/h3-12H,13-14H2,1-2H3,(H,23,26). The molecule has 0 saturated carbocycles. The molecular weight excluding hydrogens is 370 g/mol. The summed E-state index contributed by atoms with van der Waals surface area (Å²) < 4.78 is 14.0. The zero-order valence-electron chi connectivity index (χ0n) is 16.2. The fraction of sp³-hybridized carbons (Fsp3) is 0.182. The van der Waals surface area contributed by atoms with Crippen LogP contribution < -0.4 is 20.3 Å². The third-order valence-corrected chi connectivity index (χ3v) is 4.91. The van der Waals surface area contributed by atoms with Crippen molar-refractivity contribution in [3.63, 3.8) is 0 Å². The van der Waals surface area contributed by atoms with Gasteiger partial charge in [0.25, 0.3) is 5.56 Å². The van der Waals surface area contributed by atoms with Gasteiger partial charge in [-0.3, -0.25) is 14.2 Å². The van der Waals surface area contributed by atoms with Gasteiger partial charge in [-0.1, -0.05) is 24.3 Å². The number of carbonyl (C=O) groups is 1. The molecule has 2 aromatic heterocycles. The Kier molecular flexibility index (Phi) is 4.95. The van der Waals surface area contributed by atoms with Crippen molar-refractivity contribution < 1.29 is 14.3 Å². The molecule has 29 heavy (non-hydrogen) atoms. The van der Waals surface area contributed by atoms with Gasteiger partial charge in [0, 0.05) is 18.3 Å². The molecule has 0 unspecified atom stereocenters. The van der Waals surface area contributed by atoms with Crippen molar-refractivity contribution in [3.8, 4) is 11.5 Å². The lowest BCUT2D eigenvalue weighted by Gasteiger charge is -2.15. The highest BCUT2D eigenvalue weighted by Gasteiger charge is 2.14. The van der Waals surface area contributed by atoms with Gasteiger partial charge < -0.3 is 19.2 Å². The Labute approximate surface area is 167 Å². The van der Waals surface area contributed by atoms with E-state index >= 15 is 0 Å². The first kappa shape index (κ1) is 18.6. The topological polar surface area (TPSA) is 74.0 Å². The predicted molar refractivity (Wildman–Crippen MR) is 111 cm³/mol. The van der Waals surface area contributed by atoms with E-state index in [0.29, 0.717) is 22.5 Å². The second kappa shape index (κ2) is 7.71. The summed E-state index contributed by atoms with van der Waals surface area (Å²) in [6.45, 7) is 0.187. The van der Waals surface area contributed by atoms with Gasteiger partial charge in [0.15, 0.2) is 11.5 Å². The minimum Gasteiger partial charge on any atom is -0.493 e. The number of hydrogen-bond acceptors (Lipinski definition) is 4. The minimum absolute atomic E-state index is 0.0761. The molecule has 0 atom stereocenters. The quantitative estimate of drug-likeness (QED) is 0.548. The molecule has 0 saturated heterocycles. The summed E-state index contributed by atoms with van der Waals surface area (Å²) in [6.07, 6.45) is 1.85. The molecule has 4 rings (SSSR count). The monoisotopic (exact) mass is 391 g/mol. The van der Waals surface area contributed by atoms with E-state index in [2.05, 4.69) is 5.32 Å². The van der Waals surface area contributed by atoms with Gasteiger partial charge in [-0.05, 0) is 30.3 Å². The van der Waals surface area contributed by atoms with Crippen molar-refractivity contribution in [2.75, 3.05) is 14.2 Å². The van der Waals surface area contributed by atoms with Crippen LogP contribution in [0, 0.1) is 0 Å². The Hall–Kier alpha value is -3.74. The number of nitrogens with zero attached hydrogens (tertiary/aromatic N) is 2. The first-order valence-electron chi connectivity index (χ1n) is 9.19. The van der Waals surface area contributed by atoms with Crippen LogP contribution in [0.4, 0.5) is 0 Å². The number of methoxy groups -OCH3 is 2. The van der Waals surface area contributed by atoms with E-state index in [4.69, 9.17) is 9.47 Å². The first-order valence-corrected chi connectivity index (χ1v) is 9.19. The average molecular weight is 391 g/mol. The maximum absolute atomic E-state index is 12.9.